The van der Waals surface area contributed by atoms with Gasteiger partial charge in [-0.3, -0.25) is 9.59 Å². The Labute approximate surface area is 142 Å². The third-order valence-corrected chi connectivity index (χ3v) is 4.45. The topological polar surface area (TPSA) is 52.0 Å². The molecule has 2 aromatic heterocycles. The molecule has 23 heavy (non-hydrogen) atoms. The number of rotatable bonds is 3. The molecule has 0 saturated carbocycles. The van der Waals surface area contributed by atoms with Crippen LogP contribution in [0.15, 0.2) is 45.9 Å². The number of benzene rings is 1. The molecule has 0 aliphatic heterocycles. The van der Waals surface area contributed by atoms with Crippen molar-refractivity contribution in [1.82, 2.24) is 9.78 Å². The molecule has 0 N–H and O–H groups in total. The van der Waals surface area contributed by atoms with Crippen molar-refractivity contribution in [3.05, 3.63) is 67.7 Å². The van der Waals surface area contributed by atoms with E-state index in [1.165, 1.54) is 22.9 Å². The average Bonchev–Trinajstić information content (AvgIpc) is 3.01. The van der Waals surface area contributed by atoms with Gasteiger partial charge in [-0.25, -0.2) is 0 Å². The van der Waals surface area contributed by atoms with E-state index in [2.05, 4.69) is 5.10 Å². The lowest BCUT2D eigenvalue weighted by Crippen LogP contribution is -2.26. The Hall–Kier alpha value is -2.24. The summed E-state index contributed by atoms with van der Waals surface area (Å²) < 4.78 is 1.24. The van der Waals surface area contributed by atoms with E-state index in [4.69, 9.17) is 11.6 Å². The quantitative estimate of drug-likeness (QED) is 0.671. The lowest BCUT2D eigenvalue weighted by Gasteiger charge is -2.12. The zero-order chi connectivity index (χ0) is 16.6. The van der Waals surface area contributed by atoms with Crippen LogP contribution in [0.1, 0.15) is 23.0 Å². The highest BCUT2D eigenvalue weighted by Crippen LogP contribution is 2.24. The highest BCUT2D eigenvalue weighted by atomic mass is 35.5. The molecule has 0 bridgehead atoms. The molecular formula is C17H13ClN2O2S. The molecule has 2 heterocycles. The first-order valence-electron chi connectivity index (χ1n) is 6.92. The van der Waals surface area contributed by atoms with Gasteiger partial charge in [0.1, 0.15) is 5.69 Å². The van der Waals surface area contributed by atoms with Crippen molar-refractivity contribution in [2.45, 2.75) is 13.8 Å². The van der Waals surface area contributed by atoms with Crippen LogP contribution in [0, 0.1) is 6.92 Å². The molecule has 1 aromatic carbocycles. The zero-order valence-electron chi connectivity index (χ0n) is 12.5. The average molecular weight is 345 g/mol. The van der Waals surface area contributed by atoms with E-state index in [0.717, 1.165) is 5.56 Å². The first kappa shape index (κ1) is 15.6. The maximum absolute atomic E-state index is 12.9. The van der Waals surface area contributed by atoms with Crippen molar-refractivity contribution in [3.63, 3.8) is 0 Å². The highest BCUT2D eigenvalue weighted by Gasteiger charge is 2.19. The zero-order valence-corrected chi connectivity index (χ0v) is 14.1. The van der Waals surface area contributed by atoms with Crippen LogP contribution >= 0.6 is 22.9 Å². The van der Waals surface area contributed by atoms with Crippen molar-refractivity contribution in [1.29, 1.82) is 0 Å². The first-order valence-corrected chi connectivity index (χ1v) is 8.24. The summed E-state index contributed by atoms with van der Waals surface area (Å²) in [5.41, 5.74) is 2.42. The maximum Gasteiger partial charge on any atom is 0.279 e. The number of ketones is 1. The summed E-state index contributed by atoms with van der Waals surface area (Å²) in [6, 6.07) is 8.70. The van der Waals surface area contributed by atoms with Gasteiger partial charge in [-0.1, -0.05) is 17.7 Å². The van der Waals surface area contributed by atoms with Crippen LogP contribution in [0.3, 0.4) is 0 Å². The fraction of sp³-hybridized carbons (Fsp3) is 0.118. The van der Waals surface area contributed by atoms with Gasteiger partial charge in [0.25, 0.3) is 5.56 Å². The second-order valence-corrected chi connectivity index (χ2v) is 6.33. The van der Waals surface area contributed by atoms with E-state index < -0.39 is 0 Å². The summed E-state index contributed by atoms with van der Waals surface area (Å²) in [5.74, 6) is -0.185. The van der Waals surface area contributed by atoms with Gasteiger partial charge < -0.3 is 0 Å². The summed E-state index contributed by atoms with van der Waals surface area (Å²) >= 11 is 7.51. The van der Waals surface area contributed by atoms with Gasteiger partial charge >= 0.3 is 0 Å². The molecule has 0 spiro atoms. The van der Waals surface area contributed by atoms with Crippen molar-refractivity contribution < 1.29 is 4.79 Å². The van der Waals surface area contributed by atoms with Crippen LogP contribution in [0.2, 0.25) is 5.02 Å². The van der Waals surface area contributed by atoms with Crippen molar-refractivity contribution in [2.24, 2.45) is 0 Å². The van der Waals surface area contributed by atoms with E-state index in [9.17, 15) is 9.59 Å². The molecule has 116 valence electrons. The van der Waals surface area contributed by atoms with Gasteiger partial charge in [-0.05, 0) is 53.1 Å². The van der Waals surface area contributed by atoms with E-state index >= 15 is 0 Å². The Morgan fingerprint density at radius 3 is 2.70 bits per heavy atom. The Bertz CT molecular complexity index is 946. The number of Topliss-reactive ketones (excluding diaryl/α,β-unsaturated/α-hetero) is 1. The van der Waals surface area contributed by atoms with Gasteiger partial charge in [-0.15, -0.1) is 0 Å². The van der Waals surface area contributed by atoms with E-state index in [1.54, 1.807) is 31.2 Å². The van der Waals surface area contributed by atoms with E-state index in [1.807, 2.05) is 16.8 Å². The Morgan fingerprint density at radius 2 is 2.09 bits per heavy atom. The lowest BCUT2D eigenvalue weighted by molar-refractivity contribution is 0.101. The first-order chi connectivity index (χ1) is 11.0. The molecule has 0 unspecified atom stereocenters. The van der Waals surface area contributed by atoms with Crippen LogP contribution in [0.25, 0.3) is 16.8 Å². The molecule has 3 rings (SSSR count). The van der Waals surface area contributed by atoms with Crippen LogP contribution in [-0.2, 0) is 0 Å². The van der Waals surface area contributed by atoms with Crippen LogP contribution in [0.4, 0.5) is 0 Å². The fourth-order valence-electron chi connectivity index (χ4n) is 2.47. The molecule has 0 aliphatic rings. The number of carbonyl (C=O) groups excluding carboxylic acids is 1. The van der Waals surface area contributed by atoms with Gasteiger partial charge in [0.2, 0.25) is 0 Å². The number of thiophene rings is 1. The summed E-state index contributed by atoms with van der Waals surface area (Å²) in [7, 11) is 0. The fourth-order valence-corrected chi connectivity index (χ4v) is 3.30. The number of aromatic nitrogens is 2. The van der Waals surface area contributed by atoms with E-state index in [-0.39, 0.29) is 17.0 Å². The van der Waals surface area contributed by atoms with Crippen LogP contribution in [0.5, 0.6) is 0 Å². The Kier molecular flexibility index (Phi) is 4.15. The molecular weight excluding hydrogens is 332 g/mol. The monoisotopic (exact) mass is 344 g/mol. The van der Waals surface area contributed by atoms with Gasteiger partial charge in [0, 0.05) is 11.9 Å². The predicted molar refractivity (Wildman–Crippen MR) is 92.9 cm³/mol. The minimum Gasteiger partial charge on any atom is -0.293 e. The summed E-state index contributed by atoms with van der Waals surface area (Å²) in [6.07, 6.45) is 0. The van der Waals surface area contributed by atoms with Crippen LogP contribution < -0.4 is 5.56 Å². The number of hydrogen-bond acceptors (Lipinski definition) is 4. The standard InChI is InChI=1S/C17H13ClN2O2S/c1-10-15(12-6-7-23-9-12)17(22)20(19-16(10)11(2)21)14-5-3-4-13(18)8-14/h3-9H,1-2H3. The van der Waals surface area contributed by atoms with Gasteiger partial charge in [0.15, 0.2) is 5.78 Å². The van der Waals surface area contributed by atoms with Crippen molar-refractivity contribution >= 4 is 28.7 Å². The number of hydrogen-bond donors (Lipinski definition) is 0. The second-order valence-electron chi connectivity index (χ2n) is 5.11. The highest BCUT2D eigenvalue weighted by molar-refractivity contribution is 7.08. The van der Waals surface area contributed by atoms with Crippen molar-refractivity contribution in [3.8, 4) is 16.8 Å². The molecule has 3 aromatic rings. The summed E-state index contributed by atoms with van der Waals surface area (Å²) in [5, 5.41) is 8.53. The third kappa shape index (κ3) is 2.85. The third-order valence-electron chi connectivity index (χ3n) is 3.53. The largest absolute Gasteiger partial charge is 0.293 e. The van der Waals surface area contributed by atoms with E-state index in [0.29, 0.717) is 21.8 Å². The molecule has 0 fully saturated rings. The lowest BCUT2D eigenvalue weighted by atomic mass is 10.0. The molecule has 0 saturated heterocycles. The molecule has 0 atom stereocenters. The SMILES string of the molecule is CC(=O)c1nn(-c2cccc(Cl)c2)c(=O)c(-c2ccsc2)c1C. The smallest absolute Gasteiger partial charge is 0.279 e. The number of nitrogens with zero attached hydrogens (tertiary/aromatic N) is 2. The molecule has 0 amide bonds. The molecule has 4 nitrogen and oxygen atoms in total. The molecule has 0 radical (unpaired) electrons. The number of carbonyl (C=O) groups is 1. The van der Waals surface area contributed by atoms with Gasteiger partial charge in [0.05, 0.1) is 11.3 Å². The van der Waals surface area contributed by atoms with Crippen molar-refractivity contribution in [2.75, 3.05) is 0 Å². The summed E-state index contributed by atoms with van der Waals surface area (Å²) in [4.78, 5) is 24.9. The maximum atomic E-state index is 12.9. The molecule has 0 aliphatic carbocycles. The Morgan fingerprint density at radius 1 is 1.30 bits per heavy atom. The molecule has 6 heteroatoms. The van der Waals surface area contributed by atoms with Gasteiger partial charge in [-0.2, -0.15) is 21.1 Å². The number of halogens is 1. The normalized spacial score (nSPS) is 10.7. The summed E-state index contributed by atoms with van der Waals surface area (Å²) in [6.45, 7) is 3.19. The minimum atomic E-state index is -0.270. The predicted octanol–water partition coefficient (Wildman–Crippen LogP) is 4.13. The van der Waals surface area contributed by atoms with Crippen LogP contribution in [-0.4, -0.2) is 15.6 Å². The minimum absolute atomic E-state index is 0.185. The Balaban J connectivity index is 2.38. The second kappa shape index (κ2) is 6.10.